The molecule has 0 aliphatic heterocycles. The van der Waals surface area contributed by atoms with Crippen LogP contribution in [-0.2, 0) is 4.79 Å². The zero-order chi connectivity index (χ0) is 22.8. The van der Waals surface area contributed by atoms with Crippen LogP contribution < -0.4 is 16.4 Å². The molecule has 33 heavy (non-hydrogen) atoms. The molecule has 3 aromatic carbocycles. The van der Waals surface area contributed by atoms with Gasteiger partial charge in [-0.25, -0.2) is 0 Å². The average molecular weight is 437 g/mol. The Kier molecular flexibility index (Phi) is 5.40. The van der Waals surface area contributed by atoms with Crippen LogP contribution in [0.25, 0.3) is 22.6 Å². The zero-order valence-corrected chi connectivity index (χ0v) is 18.0. The second-order valence-corrected chi connectivity index (χ2v) is 8.22. The van der Waals surface area contributed by atoms with Crippen LogP contribution in [0.4, 0.5) is 11.4 Å². The number of rotatable bonds is 6. The summed E-state index contributed by atoms with van der Waals surface area (Å²) < 4.78 is 0. The van der Waals surface area contributed by atoms with Crippen LogP contribution in [0.1, 0.15) is 34.3 Å². The Morgan fingerprint density at radius 3 is 2.42 bits per heavy atom. The summed E-state index contributed by atoms with van der Waals surface area (Å²) in [7, 11) is 0. The smallest absolute Gasteiger partial charge is 0.255 e. The molecule has 1 aliphatic rings. The molecule has 6 heteroatoms. The summed E-state index contributed by atoms with van der Waals surface area (Å²) in [5, 5.41) is 6.91. The van der Waals surface area contributed by atoms with Crippen LogP contribution in [0.5, 0.6) is 0 Å². The summed E-state index contributed by atoms with van der Waals surface area (Å²) in [5.41, 5.74) is 10.8. The van der Waals surface area contributed by atoms with Gasteiger partial charge in [-0.1, -0.05) is 42.5 Å². The highest BCUT2D eigenvalue weighted by Crippen LogP contribution is 2.29. The fourth-order valence-electron chi connectivity index (χ4n) is 3.75. The Morgan fingerprint density at radius 2 is 1.67 bits per heavy atom. The van der Waals surface area contributed by atoms with E-state index in [9.17, 15) is 9.59 Å². The fourth-order valence-corrected chi connectivity index (χ4v) is 3.75. The SMILES string of the molecule is Nc1ccccc1NC(=O)c1ccc(/C=C(/C(=O)NC2CC2)c2c[nH]c3ccccc23)cc1. The third kappa shape index (κ3) is 4.50. The molecular weight excluding hydrogens is 412 g/mol. The van der Waals surface area contributed by atoms with Gasteiger partial charge in [0.15, 0.2) is 0 Å². The number of amides is 2. The van der Waals surface area contributed by atoms with E-state index in [0.717, 1.165) is 34.9 Å². The highest BCUT2D eigenvalue weighted by molar-refractivity contribution is 6.27. The second kappa shape index (κ2) is 8.67. The number of aromatic amines is 1. The topological polar surface area (TPSA) is 100 Å². The molecule has 164 valence electrons. The van der Waals surface area contributed by atoms with Crippen LogP contribution in [0.15, 0.2) is 79.0 Å². The standard InChI is InChI=1S/C27H24N4O2/c28-23-6-2-4-8-25(23)31-26(32)18-11-9-17(10-12-18)15-21(27(33)30-19-13-14-19)22-16-29-24-7-3-1-5-20(22)24/h1-12,15-16,19,29H,13-14,28H2,(H,30,33)(H,31,32)/b21-15+. The van der Waals surface area contributed by atoms with Crippen molar-refractivity contribution < 1.29 is 9.59 Å². The van der Waals surface area contributed by atoms with E-state index >= 15 is 0 Å². The minimum Gasteiger partial charge on any atom is -0.397 e. The molecule has 5 rings (SSSR count). The molecule has 1 aromatic heterocycles. The van der Waals surface area contributed by atoms with Crippen LogP contribution in [-0.4, -0.2) is 22.8 Å². The lowest BCUT2D eigenvalue weighted by Gasteiger charge is -2.10. The second-order valence-electron chi connectivity index (χ2n) is 8.22. The number of anilines is 2. The van der Waals surface area contributed by atoms with E-state index in [0.29, 0.717) is 22.5 Å². The number of hydrogen-bond acceptors (Lipinski definition) is 3. The van der Waals surface area contributed by atoms with Gasteiger partial charge < -0.3 is 21.4 Å². The molecule has 2 amide bonds. The number of fused-ring (bicyclic) bond motifs is 1. The Labute approximate surface area is 191 Å². The van der Waals surface area contributed by atoms with Gasteiger partial charge in [0.05, 0.1) is 11.4 Å². The molecule has 4 aromatic rings. The van der Waals surface area contributed by atoms with Crippen molar-refractivity contribution in [1.82, 2.24) is 10.3 Å². The van der Waals surface area contributed by atoms with Gasteiger partial charge in [-0.05, 0) is 54.8 Å². The zero-order valence-electron chi connectivity index (χ0n) is 18.0. The first-order chi connectivity index (χ1) is 16.1. The van der Waals surface area contributed by atoms with Gasteiger partial charge >= 0.3 is 0 Å². The molecule has 0 radical (unpaired) electrons. The van der Waals surface area contributed by atoms with Gasteiger partial charge in [-0.2, -0.15) is 0 Å². The number of nitrogens with one attached hydrogen (secondary N) is 3. The Bertz CT molecular complexity index is 1360. The monoisotopic (exact) mass is 436 g/mol. The van der Waals surface area contributed by atoms with Crippen LogP contribution in [0, 0.1) is 0 Å². The lowest BCUT2D eigenvalue weighted by Crippen LogP contribution is -2.26. The van der Waals surface area contributed by atoms with E-state index in [1.807, 2.05) is 60.8 Å². The number of carbonyl (C=O) groups is 2. The lowest BCUT2D eigenvalue weighted by atomic mass is 10.0. The van der Waals surface area contributed by atoms with Crippen LogP contribution in [0.3, 0.4) is 0 Å². The fraction of sp³-hybridized carbons (Fsp3) is 0.111. The number of nitrogen functional groups attached to an aromatic ring is 1. The minimum absolute atomic E-state index is 0.0939. The molecule has 5 N–H and O–H groups in total. The third-order valence-corrected chi connectivity index (χ3v) is 5.73. The summed E-state index contributed by atoms with van der Waals surface area (Å²) in [6.45, 7) is 0. The first kappa shape index (κ1) is 20.6. The molecule has 0 unspecified atom stereocenters. The van der Waals surface area contributed by atoms with Crippen molar-refractivity contribution in [2.24, 2.45) is 0 Å². The summed E-state index contributed by atoms with van der Waals surface area (Å²) in [6.07, 6.45) is 5.77. The molecular formula is C27H24N4O2. The summed E-state index contributed by atoms with van der Waals surface area (Å²) in [5.74, 6) is -0.338. The van der Waals surface area contributed by atoms with Crippen molar-refractivity contribution in [1.29, 1.82) is 0 Å². The van der Waals surface area contributed by atoms with Crippen molar-refractivity contribution in [2.45, 2.75) is 18.9 Å². The maximum atomic E-state index is 13.1. The summed E-state index contributed by atoms with van der Waals surface area (Å²) >= 11 is 0. The van der Waals surface area contributed by atoms with Gasteiger partial charge in [0, 0.05) is 39.8 Å². The molecule has 1 heterocycles. The van der Waals surface area contributed by atoms with E-state index in [1.54, 1.807) is 24.3 Å². The van der Waals surface area contributed by atoms with Crippen LogP contribution in [0.2, 0.25) is 0 Å². The number of hydrogen-bond donors (Lipinski definition) is 4. The first-order valence-electron chi connectivity index (χ1n) is 10.9. The highest BCUT2D eigenvalue weighted by Gasteiger charge is 2.26. The van der Waals surface area contributed by atoms with Crippen LogP contribution >= 0.6 is 0 Å². The van der Waals surface area contributed by atoms with E-state index in [4.69, 9.17) is 5.73 Å². The molecule has 0 spiro atoms. The predicted octanol–water partition coefficient (Wildman–Crippen LogP) is 4.82. The molecule has 1 fully saturated rings. The van der Waals surface area contributed by atoms with Gasteiger partial charge in [0.1, 0.15) is 0 Å². The number of H-pyrrole nitrogens is 1. The van der Waals surface area contributed by atoms with Gasteiger partial charge in [0.2, 0.25) is 0 Å². The number of benzene rings is 3. The van der Waals surface area contributed by atoms with Crippen molar-refractivity contribution in [2.75, 3.05) is 11.1 Å². The minimum atomic E-state index is -0.244. The van der Waals surface area contributed by atoms with E-state index in [2.05, 4.69) is 15.6 Å². The van der Waals surface area contributed by atoms with Crippen molar-refractivity contribution in [3.05, 3.63) is 95.7 Å². The third-order valence-electron chi connectivity index (χ3n) is 5.73. The Hall–Kier alpha value is -4.32. The summed E-state index contributed by atoms with van der Waals surface area (Å²) in [6, 6.07) is 22.5. The van der Waals surface area contributed by atoms with E-state index in [1.165, 1.54) is 0 Å². The van der Waals surface area contributed by atoms with Crippen molar-refractivity contribution >= 4 is 45.7 Å². The van der Waals surface area contributed by atoms with Gasteiger partial charge in [-0.3, -0.25) is 9.59 Å². The quantitative estimate of drug-likeness (QED) is 0.257. The molecule has 1 aliphatic carbocycles. The Morgan fingerprint density at radius 1 is 0.939 bits per heavy atom. The maximum absolute atomic E-state index is 13.1. The highest BCUT2D eigenvalue weighted by atomic mass is 16.2. The molecule has 0 bridgehead atoms. The van der Waals surface area contributed by atoms with Gasteiger partial charge in [-0.15, -0.1) is 0 Å². The number of carbonyl (C=O) groups excluding carboxylic acids is 2. The lowest BCUT2D eigenvalue weighted by molar-refractivity contribution is -0.115. The Balaban J connectivity index is 1.43. The number of para-hydroxylation sites is 3. The number of nitrogens with two attached hydrogens (primary N) is 1. The first-order valence-corrected chi connectivity index (χ1v) is 10.9. The molecule has 0 atom stereocenters. The molecule has 1 saturated carbocycles. The predicted molar refractivity (Wildman–Crippen MR) is 133 cm³/mol. The largest absolute Gasteiger partial charge is 0.397 e. The summed E-state index contributed by atoms with van der Waals surface area (Å²) in [4.78, 5) is 28.9. The molecule has 6 nitrogen and oxygen atoms in total. The van der Waals surface area contributed by atoms with Crippen molar-refractivity contribution in [3.63, 3.8) is 0 Å². The van der Waals surface area contributed by atoms with E-state index in [-0.39, 0.29) is 17.9 Å². The normalized spacial score (nSPS) is 13.6. The molecule has 0 saturated heterocycles. The van der Waals surface area contributed by atoms with E-state index < -0.39 is 0 Å². The van der Waals surface area contributed by atoms with Crippen molar-refractivity contribution in [3.8, 4) is 0 Å². The number of aromatic nitrogens is 1. The average Bonchev–Trinajstić information content (AvgIpc) is 3.55. The maximum Gasteiger partial charge on any atom is 0.255 e. The van der Waals surface area contributed by atoms with Gasteiger partial charge in [0.25, 0.3) is 11.8 Å².